The van der Waals surface area contributed by atoms with Crippen LogP contribution in [0.15, 0.2) is 134 Å². The average molecular weight is 574 g/mol. The number of benzene rings is 7. The topological polar surface area (TPSA) is 22.1 Å². The van der Waals surface area contributed by atoms with E-state index in [9.17, 15) is 0 Å². The van der Waals surface area contributed by atoms with Gasteiger partial charge in [-0.2, -0.15) is 0 Å². The van der Waals surface area contributed by atoms with Crippen LogP contribution in [0, 0.1) is 0 Å². The predicted molar refractivity (Wildman–Crippen MR) is 189 cm³/mol. The number of pyridine rings is 1. The molecule has 0 N–H and O–H groups in total. The molecule has 0 amide bonds. The van der Waals surface area contributed by atoms with Gasteiger partial charge in [0, 0.05) is 34.1 Å². The second-order valence-electron chi connectivity index (χ2n) is 12.2. The summed E-state index contributed by atoms with van der Waals surface area (Å²) in [6.07, 6.45) is 12.7. The number of rotatable bonds is 3. The third-order valence-electron chi connectivity index (χ3n) is 9.82. The van der Waals surface area contributed by atoms with Crippen molar-refractivity contribution in [3.63, 3.8) is 0 Å². The first-order valence-electron chi connectivity index (χ1n) is 15.7. The van der Waals surface area contributed by atoms with E-state index in [2.05, 4.69) is 132 Å². The molecule has 2 heteroatoms. The summed E-state index contributed by atoms with van der Waals surface area (Å²) < 4.78 is 7.12. The van der Waals surface area contributed by atoms with Crippen LogP contribution in [0.25, 0.3) is 76.6 Å². The summed E-state index contributed by atoms with van der Waals surface area (Å²) in [6, 6.07) is 39.5. The SMILES string of the molecule is C1=Cc2ccc3ccc(Oc4c5ccccc5c(-c5cc6ccccc6c6ccccc56)c5cnccc45)c4c3c2C(=CC4)C1. The fourth-order valence-electron chi connectivity index (χ4n) is 7.85. The van der Waals surface area contributed by atoms with Crippen LogP contribution in [0.3, 0.4) is 0 Å². The van der Waals surface area contributed by atoms with E-state index in [1.54, 1.807) is 0 Å². The lowest BCUT2D eigenvalue weighted by atomic mass is 9.81. The molecule has 45 heavy (non-hydrogen) atoms. The van der Waals surface area contributed by atoms with Gasteiger partial charge in [0.1, 0.15) is 11.5 Å². The molecule has 2 nitrogen and oxygen atoms in total. The van der Waals surface area contributed by atoms with Gasteiger partial charge in [-0.05, 0) is 96.6 Å². The Kier molecular flexibility index (Phi) is 5.15. The highest BCUT2D eigenvalue weighted by Crippen LogP contribution is 2.49. The first-order valence-corrected chi connectivity index (χ1v) is 15.7. The Bertz CT molecular complexity index is 2570. The number of ether oxygens (including phenoxy) is 1. The van der Waals surface area contributed by atoms with Crippen molar-refractivity contribution in [1.82, 2.24) is 4.98 Å². The van der Waals surface area contributed by atoms with E-state index in [1.165, 1.54) is 65.7 Å². The van der Waals surface area contributed by atoms with Gasteiger partial charge in [-0.3, -0.25) is 4.98 Å². The molecule has 0 saturated heterocycles. The van der Waals surface area contributed by atoms with Crippen molar-refractivity contribution >= 4 is 65.5 Å². The van der Waals surface area contributed by atoms with Crippen molar-refractivity contribution in [2.45, 2.75) is 12.8 Å². The maximum absolute atomic E-state index is 7.12. The quantitative estimate of drug-likeness (QED) is 0.155. The second-order valence-corrected chi connectivity index (χ2v) is 12.2. The number of hydrogen-bond acceptors (Lipinski definition) is 2. The number of allylic oxidation sites excluding steroid dienone is 3. The molecular formula is C43H27NO. The van der Waals surface area contributed by atoms with Crippen LogP contribution >= 0.6 is 0 Å². The number of aromatic nitrogens is 1. The molecule has 8 aromatic rings. The van der Waals surface area contributed by atoms with Gasteiger partial charge in [-0.15, -0.1) is 0 Å². The first-order chi connectivity index (χ1) is 22.3. The Labute approximate surface area is 260 Å². The smallest absolute Gasteiger partial charge is 0.143 e. The molecule has 2 aliphatic carbocycles. The van der Waals surface area contributed by atoms with Crippen molar-refractivity contribution in [2.24, 2.45) is 0 Å². The highest BCUT2D eigenvalue weighted by Gasteiger charge is 2.24. The molecule has 0 spiro atoms. The van der Waals surface area contributed by atoms with Gasteiger partial charge in [0.05, 0.1) is 0 Å². The fourth-order valence-corrected chi connectivity index (χ4v) is 7.85. The fraction of sp³-hybridized carbons (Fsp3) is 0.0465. The molecule has 0 radical (unpaired) electrons. The lowest BCUT2D eigenvalue weighted by molar-refractivity contribution is 0.489. The second kappa shape index (κ2) is 9.38. The van der Waals surface area contributed by atoms with E-state index in [0.717, 1.165) is 45.9 Å². The molecule has 0 bridgehead atoms. The molecule has 0 atom stereocenters. The highest BCUT2D eigenvalue weighted by molar-refractivity contribution is 6.23. The van der Waals surface area contributed by atoms with Crippen LogP contribution in [0.4, 0.5) is 0 Å². The van der Waals surface area contributed by atoms with E-state index in [1.807, 2.05) is 12.4 Å². The lowest BCUT2D eigenvalue weighted by Crippen LogP contribution is -2.05. The Hall–Kier alpha value is -5.73. The average Bonchev–Trinajstić information content (AvgIpc) is 3.11. The molecule has 210 valence electrons. The molecule has 0 aliphatic heterocycles. The Balaban J connectivity index is 1.26. The van der Waals surface area contributed by atoms with E-state index in [0.29, 0.717) is 0 Å². The molecule has 10 rings (SSSR count). The van der Waals surface area contributed by atoms with E-state index in [4.69, 9.17) is 4.74 Å². The van der Waals surface area contributed by atoms with Crippen molar-refractivity contribution in [2.75, 3.05) is 0 Å². The summed E-state index contributed by atoms with van der Waals surface area (Å²) in [5, 5.41) is 12.0. The molecule has 0 fully saturated rings. The molecule has 7 aromatic carbocycles. The largest absolute Gasteiger partial charge is 0.456 e. The van der Waals surface area contributed by atoms with Crippen LogP contribution in [0.5, 0.6) is 11.5 Å². The van der Waals surface area contributed by atoms with Gasteiger partial charge in [-0.25, -0.2) is 0 Å². The standard InChI is InChI=1S/C43H27NO/c1-2-11-30-29(8-1)24-37(32-13-4-3-12-31(30)32)42-33-14-5-6-15-34(33)43(35-22-23-44-25-38(35)42)45-39-21-19-28-17-16-26-9-7-10-27-18-20-36(39)41(28)40(26)27/h1-9,11-19,21-25H,10,20H2. The van der Waals surface area contributed by atoms with Gasteiger partial charge >= 0.3 is 0 Å². The zero-order valence-corrected chi connectivity index (χ0v) is 24.5. The summed E-state index contributed by atoms with van der Waals surface area (Å²) in [6.45, 7) is 0. The van der Waals surface area contributed by atoms with Gasteiger partial charge in [0.25, 0.3) is 0 Å². The Morgan fingerprint density at radius 1 is 0.578 bits per heavy atom. The number of hydrogen-bond donors (Lipinski definition) is 0. The van der Waals surface area contributed by atoms with Crippen molar-refractivity contribution < 1.29 is 4.74 Å². The van der Waals surface area contributed by atoms with Gasteiger partial charge in [-0.1, -0.05) is 109 Å². The van der Waals surface area contributed by atoms with Crippen LogP contribution in [0.1, 0.15) is 23.1 Å². The third kappa shape index (κ3) is 3.54. The number of fused-ring (bicyclic) bond motifs is 5. The summed E-state index contributed by atoms with van der Waals surface area (Å²) in [7, 11) is 0. The van der Waals surface area contributed by atoms with E-state index < -0.39 is 0 Å². The van der Waals surface area contributed by atoms with E-state index in [-0.39, 0.29) is 0 Å². The highest BCUT2D eigenvalue weighted by atomic mass is 16.5. The summed E-state index contributed by atoms with van der Waals surface area (Å²) in [4.78, 5) is 4.66. The van der Waals surface area contributed by atoms with Crippen LogP contribution in [-0.4, -0.2) is 4.98 Å². The minimum Gasteiger partial charge on any atom is -0.456 e. The molecule has 1 aromatic heterocycles. The molecule has 2 aliphatic rings. The molecular weight excluding hydrogens is 546 g/mol. The van der Waals surface area contributed by atoms with Gasteiger partial charge in [0.15, 0.2) is 0 Å². The van der Waals surface area contributed by atoms with E-state index >= 15 is 0 Å². The Morgan fingerprint density at radius 2 is 1.33 bits per heavy atom. The third-order valence-corrected chi connectivity index (χ3v) is 9.82. The summed E-state index contributed by atoms with van der Waals surface area (Å²) >= 11 is 0. The molecule has 1 heterocycles. The van der Waals surface area contributed by atoms with Gasteiger partial charge in [0.2, 0.25) is 0 Å². The maximum atomic E-state index is 7.12. The zero-order chi connectivity index (χ0) is 29.5. The monoisotopic (exact) mass is 573 g/mol. The van der Waals surface area contributed by atoms with Crippen LogP contribution in [-0.2, 0) is 6.42 Å². The minimum absolute atomic E-state index is 0.866. The first kappa shape index (κ1) is 24.7. The molecule has 0 unspecified atom stereocenters. The Morgan fingerprint density at radius 3 is 2.24 bits per heavy atom. The van der Waals surface area contributed by atoms with Crippen LogP contribution < -0.4 is 4.74 Å². The van der Waals surface area contributed by atoms with Crippen molar-refractivity contribution in [1.29, 1.82) is 0 Å². The zero-order valence-electron chi connectivity index (χ0n) is 24.5. The van der Waals surface area contributed by atoms with Crippen molar-refractivity contribution in [3.05, 3.63) is 150 Å². The minimum atomic E-state index is 0.866. The van der Waals surface area contributed by atoms with Crippen LogP contribution in [0.2, 0.25) is 0 Å². The molecule has 0 saturated carbocycles. The summed E-state index contributed by atoms with van der Waals surface area (Å²) in [5.74, 6) is 1.81. The van der Waals surface area contributed by atoms with Crippen molar-refractivity contribution in [3.8, 4) is 22.6 Å². The predicted octanol–water partition coefficient (Wildman–Crippen LogP) is 11.7. The maximum Gasteiger partial charge on any atom is 0.143 e. The summed E-state index contributed by atoms with van der Waals surface area (Å²) in [5.41, 5.74) is 7.77. The van der Waals surface area contributed by atoms with Gasteiger partial charge < -0.3 is 4.74 Å². The normalized spacial score (nSPS) is 13.6. The lowest BCUT2D eigenvalue weighted by Gasteiger charge is -2.25. The number of nitrogens with zero attached hydrogens (tertiary/aromatic N) is 1.